The molecular formula is C15H19NO2. The third-order valence-electron chi connectivity index (χ3n) is 2.32. The van der Waals surface area contributed by atoms with E-state index in [0.29, 0.717) is 11.3 Å². The zero-order chi connectivity index (χ0) is 13.5. The Balaban J connectivity index is 0.000000771. The van der Waals surface area contributed by atoms with Crippen LogP contribution in [0.15, 0.2) is 40.8 Å². The average molecular weight is 245 g/mol. The van der Waals surface area contributed by atoms with Crippen LogP contribution in [0.3, 0.4) is 0 Å². The van der Waals surface area contributed by atoms with Gasteiger partial charge in [0.15, 0.2) is 0 Å². The van der Waals surface area contributed by atoms with Crippen molar-refractivity contribution < 1.29 is 9.21 Å². The zero-order valence-corrected chi connectivity index (χ0v) is 11.3. The summed E-state index contributed by atoms with van der Waals surface area (Å²) < 4.78 is 5.31. The molecule has 0 fully saturated rings. The highest BCUT2D eigenvalue weighted by Crippen LogP contribution is 2.15. The van der Waals surface area contributed by atoms with E-state index < -0.39 is 0 Å². The quantitative estimate of drug-likeness (QED) is 0.862. The Morgan fingerprint density at radius 1 is 1.11 bits per heavy atom. The summed E-state index contributed by atoms with van der Waals surface area (Å²) in [6.07, 6.45) is 0. The minimum Gasteiger partial charge on any atom is -0.466 e. The fourth-order valence-corrected chi connectivity index (χ4v) is 1.58. The predicted octanol–water partition coefficient (Wildman–Crippen LogP) is 4.17. The van der Waals surface area contributed by atoms with E-state index in [4.69, 9.17) is 4.42 Å². The second-order valence-electron chi connectivity index (χ2n) is 3.65. The van der Waals surface area contributed by atoms with Gasteiger partial charge >= 0.3 is 0 Å². The number of hydrogen-bond acceptors (Lipinski definition) is 2. The molecule has 0 unspecified atom stereocenters. The van der Waals surface area contributed by atoms with Crippen LogP contribution < -0.4 is 5.32 Å². The van der Waals surface area contributed by atoms with Crippen LogP contribution in [0.5, 0.6) is 0 Å². The lowest BCUT2D eigenvalue weighted by molar-refractivity contribution is 0.102. The number of rotatable bonds is 2. The minimum atomic E-state index is -0.138. The Hall–Kier alpha value is -2.03. The van der Waals surface area contributed by atoms with E-state index in [2.05, 4.69) is 5.32 Å². The van der Waals surface area contributed by atoms with Gasteiger partial charge in [0.1, 0.15) is 11.5 Å². The summed E-state index contributed by atoms with van der Waals surface area (Å²) in [5, 5.41) is 2.81. The van der Waals surface area contributed by atoms with E-state index in [-0.39, 0.29) is 5.91 Å². The van der Waals surface area contributed by atoms with Crippen molar-refractivity contribution in [2.45, 2.75) is 27.7 Å². The Morgan fingerprint density at radius 3 is 2.22 bits per heavy atom. The van der Waals surface area contributed by atoms with Crippen molar-refractivity contribution in [3.8, 4) is 0 Å². The van der Waals surface area contributed by atoms with Crippen molar-refractivity contribution in [3.05, 3.63) is 53.5 Å². The van der Waals surface area contributed by atoms with Gasteiger partial charge in [0.2, 0.25) is 0 Å². The number of para-hydroxylation sites is 1. The third-order valence-corrected chi connectivity index (χ3v) is 2.32. The summed E-state index contributed by atoms with van der Waals surface area (Å²) in [5.41, 5.74) is 1.37. The first kappa shape index (κ1) is 14.0. The van der Waals surface area contributed by atoms with Crippen LogP contribution >= 0.6 is 0 Å². The molecule has 0 atom stereocenters. The van der Waals surface area contributed by atoms with Gasteiger partial charge in [-0.1, -0.05) is 32.0 Å². The third kappa shape index (κ3) is 3.48. The molecule has 18 heavy (non-hydrogen) atoms. The zero-order valence-electron chi connectivity index (χ0n) is 11.3. The van der Waals surface area contributed by atoms with Crippen LogP contribution in [0.1, 0.15) is 35.7 Å². The van der Waals surface area contributed by atoms with E-state index >= 15 is 0 Å². The number of aryl methyl sites for hydroxylation is 2. The van der Waals surface area contributed by atoms with Crippen LogP contribution in [0, 0.1) is 13.8 Å². The molecule has 0 spiro atoms. The minimum absolute atomic E-state index is 0.138. The lowest BCUT2D eigenvalue weighted by Gasteiger charge is -2.03. The largest absolute Gasteiger partial charge is 0.466 e. The molecule has 0 saturated carbocycles. The highest BCUT2D eigenvalue weighted by atomic mass is 16.3. The number of benzene rings is 1. The molecule has 2 rings (SSSR count). The second-order valence-corrected chi connectivity index (χ2v) is 3.65. The van der Waals surface area contributed by atoms with Crippen LogP contribution in [0.4, 0.5) is 5.69 Å². The van der Waals surface area contributed by atoms with E-state index in [1.807, 2.05) is 51.1 Å². The molecule has 96 valence electrons. The molecule has 1 heterocycles. The summed E-state index contributed by atoms with van der Waals surface area (Å²) in [7, 11) is 0. The van der Waals surface area contributed by atoms with Crippen molar-refractivity contribution in [1.82, 2.24) is 0 Å². The lowest BCUT2D eigenvalue weighted by Crippen LogP contribution is -2.11. The molecule has 1 aromatic heterocycles. The van der Waals surface area contributed by atoms with Gasteiger partial charge in [-0.25, -0.2) is 0 Å². The summed E-state index contributed by atoms with van der Waals surface area (Å²) in [6, 6.07) is 11.1. The molecule has 0 aliphatic heterocycles. The molecule has 2 aromatic rings. The number of furan rings is 1. The van der Waals surface area contributed by atoms with Crippen molar-refractivity contribution in [2.24, 2.45) is 0 Å². The molecule has 1 aromatic carbocycles. The standard InChI is InChI=1S/C13H13NO2.C2H6/c1-9-8-12(10(2)16-9)13(15)14-11-6-4-3-5-7-11;1-2/h3-8H,1-2H3,(H,14,15);1-2H3. The van der Waals surface area contributed by atoms with E-state index in [9.17, 15) is 4.79 Å². The van der Waals surface area contributed by atoms with E-state index in [1.54, 1.807) is 13.0 Å². The fraction of sp³-hybridized carbons (Fsp3) is 0.267. The Morgan fingerprint density at radius 2 is 1.72 bits per heavy atom. The van der Waals surface area contributed by atoms with E-state index in [1.165, 1.54) is 0 Å². The number of carbonyl (C=O) groups is 1. The highest BCUT2D eigenvalue weighted by molar-refractivity contribution is 6.05. The summed E-state index contributed by atoms with van der Waals surface area (Å²) in [4.78, 5) is 11.9. The molecule has 0 saturated heterocycles. The van der Waals surface area contributed by atoms with Gasteiger partial charge in [-0.15, -0.1) is 0 Å². The number of nitrogens with one attached hydrogen (secondary N) is 1. The Labute approximate surface area is 108 Å². The van der Waals surface area contributed by atoms with Gasteiger partial charge in [0, 0.05) is 5.69 Å². The van der Waals surface area contributed by atoms with Crippen molar-refractivity contribution in [1.29, 1.82) is 0 Å². The van der Waals surface area contributed by atoms with Gasteiger partial charge in [-0.2, -0.15) is 0 Å². The topological polar surface area (TPSA) is 42.2 Å². The molecule has 1 amide bonds. The first-order valence-corrected chi connectivity index (χ1v) is 6.10. The molecule has 0 radical (unpaired) electrons. The number of carbonyl (C=O) groups excluding carboxylic acids is 1. The van der Waals surface area contributed by atoms with Crippen LogP contribution in [-0.4, -0.2) is 5.91 Å². The lowest BCUT2D eigenvalue weighted by atomic mass is 10.2. The number of amides is 1. The maximum Gasteiger partial charge on any atom is 0.259 e. The normalized spacial score (nSPS) is 9.33. The second kappa shape index (κ2) is 6.64. The molecule has 0 aliphatic rings. The maximum atomic E-state index is 11.9. The summed E-state index contributed by atoms with van der Waals surface area (Å²) in [6.45, 7) is 7.61. The molecule has 3 nitrogen and oxygen atoms in total. The summed E-state index contributed by atoms with van der Waals surface area (Å²) in [5.74, 6) is 1.25. The molecule has 0 bridgehead atoms. The first-order valence-electron chi connectivity index (χ1n) is 6.10. The number of anilines is 1. The van der Waals surface area contributed by atoms with Crippen molar-refractivity contribution in [3.63, 3.8) is 0 Å². The monoisotopic (exact) mass is 245 g/mol. The predicted molar refractivity (Wildman–Crippen MR) is 73.9 cm³/mol. The molecule has 3 heteroatoms. The van der Waals surface area contributed by atoms with Gasteiger partial charge in [0.05, 0.1) is 5.56 Å². The summed E-state index contributed by atoms with van der Waals surface area (Å²) >= 11 is 0. The highest BCUT2D eigenvalue weighted by Gasteiger charge is 2.13. The molecule has 1 N–H and O–H groups in total. The SMILES string of the molecule is CC.Cc1cc(C(=O)Nc2ccccc2)c(C)o1. The van der Waals surface area contributed by atoms with Crippen LogP contribution in [0.2, 0.25) is 0 Å². The van der Waals surface area contributed by atoms with E-state index in [0.717, 1.165) is 11.4 Å². The van der Waals surface area contributed by atoms with Gasteiger partial charge in [0.25, 0.3) is 5.91 Å². The van der Waals surface area contributed by atoms with Crippen molar-refractivity contribution >= 4 is 11.6 Å². The van der Waals surface area contributed by atoms with Gasteiger partial charge in [-0.3, -0.25) is 4.79 Å². The smallest absolute Gasteiger partial charge is 0.259 e. The van der Waals surface area contributed by atoms with Crippen molar-refractivity contribution in [2.75, 3.05) is 5.32 Å². The Bertz CT molecular complexity index is 500. The Kier molecular flexibility index (Phi) is 5.18. The molecular weight excluding hydrogens is 226 g/mol. The number of hydrogen-bond donors (Lipinski definition) is 1. The van der Waals surface area contributed by atoms with Crippen LogP contribution in [0.25, 0.3) is 0 Å². The fourth-order valence-electron chi connectivity index (χ4n) is 1.58. The molecule has 0 aliphatic carbocycles. The maximum absolute atomic E-state index is 11.9. The first-order chi connectivity index (χ1) is 8.66. The van der Waals surface area contributed by atoms with Gasteiger partial charge in [-0.05, 0) is 32.0 Å². The average Bonchev–Trinajstić information content (AvgIpc) is 2.72. The van der Waals surface area contributed by atoms with Crippen LogP contribution in [-0.2, 0) is 0 Å². The van der Waals surface area contributed by atoms with Gasteiger partial charge < -0.3 is 9.73 Å².